The molecule has 1 aliphatic heterocycles. The van der Waals surface area contributed by atoms with Gasteiger partial charge < -0.3 is 9.80 Å². The lowest BCUT2D eigenvalue weighted by Crippen LogP contribution is -2.34. The maximum atomic E-state index is 13.8. The minimum absolute atomic E-state index is 0.121. The van der Waals surface area contributed by atoms with E-state index in [0.717, 1.165) is 13.0 Å². The van der Waals surface area contributed by atoms with Crippen molar-refractivity contribution in [2.75, 3.05) is 27.2 Å². The Morgan fingerprint density at radius 2 is 2.14 bits per heavy atom. The van der Waals surface area contributed by atoms with Gasteiger partial charge in [0.1, 0.15) is 17.0 Å². The highest BCUT2D eigenvalue weighted by Gasteiger charge is 2.28. The largest absolute Gasteiger partial charge is 0.336 e. The third-order valence-electron chi connectivity index (χ3n) is 4.07. The summed E-state index contributed by atoms with van der Waals surface area (Å²) in [4.78, 5) is 20.6. The van der Waals surface area contributed by atoms with E-state index in [2.05, 4.69) is 9.88 Å². The third-order valence-corrected chi connectivity index (χ3v) is 4.07. The summed E-state index contributed by atoms with van der Waals surface area (Å²) in [6.45, 7) is 1.42. The zero-order chi connectivity index (χ0) is 15.0. The number of amides is 1. The van der Waals surface area contributed by atoms with Crippen LogP contribution in [0, 0.1) is 5.82 Å². The van der Waals surface area contributed by atoms with Crippen molar-refractivity contribution in [3.63, 3.8) is 0 Å². The van der Waals surface area contributed by atoms with E-state index in [1.54, 1.807) is 29.2 Å². The number of nitrogens with zero attached hydrogens (tertiary/aromatic N) is 3. The summed E-state index contributed by atoms with van der Waals surface area (Å²) in [5.74, 6) is -0.515. The molecule has 21 heavy (non-hydrogen) atoms. The fraction of sp³-hybridized carbons (Fsp3) is 0.375. The minimum atomic E-state index is -0.394. The first-order valence-corrected chi connectivity index (χ1v) is 7.07. The molecule has 1 saturated heterocycles. The van der Waals surface area contributed by atoms with E-state index < -0.39 is 5.82 Å². The first-order valence-electron chi connectivity index (χ1n) is 7.07. The molecule has 4 nitrogen and oxygen atoms in total. The molecule has 2 heterocycles. The summed E-state index contributed by atoms with van der Waals surface area (Å²) in [7, 11) is 4.03. The molecule has 0 unspecified atom stereocenters. The predicted molar refractivity (Wildman–Crippen MR) is 79.7 cm³/mol. The third kappa shape index (κ3) is 2.61. The van der Waals surface area contributed by atoms with Crippen LogP contribution in [0.3, 0.4) is 0 Å². The lowest BCUT2D eigenvalue weighted by molar-refractivity contribution is 0.0777. The summed E-state index contributed by atoms with van der Waals surface area (Å²) in [6, 6.07) is 8.60. The standard InChI is InChI=1S/C16H18FN3O/c1-19(2)12-8-9-20(10-12)16(21)14-7-6-11-4-3-5-13(17)15(11)18-14/h3-7,12H,8-10H2,1-2H3/t12-/m0/s1. The number of halogens is 1. The molecule has 110 valence electrons. The summed E-state index contributed by atoms with van der Waals surface area (Å²) in [6.07, 6.45) is 0.959. The molecule has 0 saturated carbocycles. The van der Waals surface area contributed by atoms with Gasteiger partial charge in [-0.3, -0.25) is 4.79 Å². The minimum Gasteiger partial charge on any atom is -0.336 e. The first-order chi connectivity index (χ1) is 10.1. The van der Waals surface area contributed by atoms with Crippen LogP contribution in [0.25, 0.3) is 10.9 Å². The number of carbonyl (C=O) groups is 1. The lowest BCUT2D eigenvalue weighted by Gasteiger charge is -2.20. The van der Waals surface area contributed by atoms with Crippen LogP contribution < -0.4 is 0 Å². The molecule has 1 aliphatic rings. The molecule has 0 spiro atoms. The Labute approximate surface area is 123 Å². The zero-order valence-corrected chi connectivity index (χ0v) is 12.2. The molecular formula is C16H18FN3O. The smallest absolute Gasteiger partial charge is 0.272 e. The van der Waals surface area contributed by atoms with E-state index in [0.29, 0.717) is 23.7 Å². The summed E-state index contributed by atoms with van der Waals surface area (Å²) >= 11 is 0. The van der Waals surface area contributed by atoms with Crippen LogP contribution in [0.15, 0.2) is 30.3 Å². The molecule has 1 amide bonds. The molecule has 0 radical (unpaired) electrons. The fourth-order valence-electron chi connectivity index (χ4n) is 2.74. The Morgan fingerprint density at radius 3 is 2.86 bits per heavy atom. The van der Waals surface area contributed by atoms with Crippen molar-refractivity contribution in [2.45, 2.75) is 12.5 Å². The van der Waals surface area contributed by atoms with Crippen molar-refractivity contribution in [2.24, 2.45) is 0 Å². The maximum absolute atomic E-state index is 13.8. The number of hydrogen-bond donors (Lipinski definition) is 0. The molecule has 1 aromatic heterocycles. The van der Waals surface area contributed by atoms with Gasteiger partial charge in [0.05, 0.1) is 0 Å². The number of likely N-dealkylation sites (tertiary alicyclic amines) is 1. The zero-order valence-electron chi connectivity index (χ0n) is 12.2. The maximum Gasteiger partial charge on any atom is 0.272 e. The van der Waals surface area contributed by atoms with Crippen molar-refractivity contribution in [1.29, 1.82) is 0 Å². The SMILES string of the molecule is CN(C)[C@H]1CCN(C(=O)c2ccc3cccc(F)c3n2)C1. The van der Waals surface area contributed by atoms with E-state index in [1.807, 2.05) is 14.1 Å². The number of para-hydroxylation sites is 1. The molecule has 1 fully saturated rings. The molecule has 0 N–H and O–H groups in total. The first kappa shape index (κ1) is 13.9. The highest BCUT2D eigenvalue weighted by Crippen LogP contribution is 2.19. The molecule has 0 bridgehead atoms. The fourth-order valence-corrected chi connectivity index (χ4v) is 2.74. The van der Waals surface area contributed by atoms with E-state index >= 15 is 0 Å². The molecule has 0 aliphatic carbocycles. The van der Waals surface area contributed by atoms with Gasteiger partial charge in [0.2, 0.25) is 0 Å². The van der Waals surface area contributed by atoms with Crippen LogP contribution in [0.2, 0.25) is 0 Å². The number of rotatable bonds is 2. The second kappa shape index (κ2) is 5.41. The van der Waals surface area contributed by atoms with Crippen LogP contribution >= 0.6 is 0 Å². The molecule has 1 atom stereocenters. The average molecular weight is 287 g/mol. The summed E-state index contributed by atoms with van der Waals surface area (Å²) < 4.78 is 13.8. The predicted octanol–water partition coefficient (Wildman–Crippen LogP) is 2.15. The van der Waals surface area contributed by atoms with Gasteiger partial charge in [0, 0.05) is 24.5 Å². The highest BCUT2D eigenvalue weighted by atomic mass is 19.1. The Morgan fingerprint density at radius 1 is 1.33 bits per heavy atom. The van der Waals surface area contributed by atoms with Crippen LogP contribution in [-0.2, 0) is 0 Å². The molecule has 2 aromatic rings. The molecule has 3 rings (SSSR count). The van der Waals surface area contributed by atoms with Gasteiger partial charge in [-0.1, -0.05) is 18.2 Å². The molecule has 5 heteroatoms. The van der Waals surface area contributed by atoms with Gasteiger partial charge in [-0.15, -0.1) is 0 Å². The second-order valence-corrected chi connectivity index (χ2v) is 5.67. The summed E-state index contributed by atoms with van der Waals surface area (Å²) in [5, 5.41) is 0.708. The molecule has 1 aromatic carbocycles. The lowest BCUT2D eigenvalue weighted by atomic mass is 10.2. The average Bonchev–Trinajstić information content (AvgIpc) is 2.97. The monoisotopic (exact) mass is 287 g/mol. The normalized spacial score (nSPS) is 18.7. The topological polar surface area (TPSA) is 36.4 Å². The van der Waals surface area contributed by atoms with E-state index in [9.17, 15) is 9.18 Å². The van der Waals surface area contributed by atoms with Crippen molar-refractivity contribution < 1.29 is 9.18 Å². The van der Waals surface area contributed by atoms with Crippen LogP contribution in [0.5, 0.6) is 0 Å². The van der Waals surface area contributed by atoms with Crippen molar-refractivity contribution in [1.82, 2.24) is 14.8 Å². The van der Waals surface area contributed by atoms with Crippen LogP contribution in [0.4, 0.5) is 4.39 Å². The summed E-state index contributed by atoms with van der Waals surface area (Å²) in [5.41, 5.74) is 0.568. The van der Waals surface area contributed by atoms with E-state index in [-0.39, 0.29) is 11.4 Å². The highest BCUT2D eigenvalue weighted by molar-refractivity contribution is 5.95. The number of pyridine rings is 1. The van der Waals surface area contributed by atoms with Crippen LogP contribution in [0.1, 0.15) is 16.9 Å². The molecular weight excluding hydrogens is 269 g/mol. The number of fused-ring (bicyclic) bond motifs is 1. The number of aromatic nitrogens is 1. The Balaban J connectivity index is 1.87. The Hall–Kier alpha value is -2.01. The van der Waals surface area contributed by atoms with Gasteiger partial charge in [-0.05, 0) is 32.6 Å². The van der Waals surface area contributed by atoms with Crippen molar-refractivity contribution in [3.05, 3.63) is 41.8 Å². The van der Waals surface area contributed by atoms with Gasteiger partial charge in [0.15, 0.2) is 0 Å². The van der Waals surface area contributed by atoms with Crippen molar-refractivity contribution >= 4 is 16.8 Å². The Kier molecular flexibility index (Phi) is 3.59. The van der Waals surface area contributed by atoms with E-state index in [1.165, 1.54) is 6.07 Å². The number of hydrogen-bond acceptors (Lipinski definition) is 3. The van der Waals surface area contributed by atoms with E-state index in [4.69, 9.17) is 0 Å². The van der Waals surface area contributed by atoms with Gasteiger partial charge in [0.25, 0.3) is 5.91 Å². The second-order valence-electron chi connectivity index (χ2n) is 5.67. The van der Waals surface area contributed by atoms with Crippen LogP contribution in [-0.4, -0.2) is 53.9 Å². The van der Waals surface area contributed by atoms with Crippen molar-refractivity contribution in [3.8, 4) is 0 Å². The number of likely N-dealkylation sites (N-methyl/N-ethyl adjacent to an activating group) is 1. The van der Waals surface area contributed by atoms with Gasteiger partial charge in [-0.2, -0.15) is 0 Å². The Bertz CT molecular complexity index is 686. The number of benzene rings is 1. The van der Waals surface area contributed by atoms with Gasteiger partial charge in [-0.25, -0.2) is 9.37 Å². The van der Waals surface area contributed by atoms with Gasteiger partial charge >= 0.3 is 0 Å². The quantitative estimate of drug-likeness (QED) is 0.849. The number of carbonyl (C=O) groups excluding carboxylic acids is 1.